The van der Waals surface area contributed by atoms with Crippen molar-refractivity contribution in [1.29, 1.82) is 0 Å². The Morgan fingerprint density at radius 3 is 1.83 bits per heavy atom. The number of ether oxygens (including phenoxy) is 3. The Balaban J connectivity index is 1.43. The predicted octanol–water partition coefficient (Wildman–Crippen LogP) is 6.64. The molecule has 6 heteroatoms. The molecule has 0 saturated carbocycles. The van der Waals surface area contributed by atoms with Crippen LogP contribution in [0.4, 0.5) is 0 Å². The molecule has 4 aromatic carbocycles. The first-order valence-corrected chi connectivity index (χ1v) is 14.2. The van der Waals surface area contributed by atoms with E-state index in [2.05, 4.69) is 41.4 Å². The van der Waals surface area contributed by atoms with E-state index in [0.717, 1.165) is 22.3 Å². The zero-order chi connectivity index (χ0) is 29.0. The van der Waals surface area contributed by atoms with Crippen molar-refractivity contribution in [3.63, 3.8) is 0 Å². The van der Waals surface area contributed by atoms with Crippen LogP contribution in [-0.2, 0) is 26.4 Å². The topological polar surface area (TPSA) is 62.6 Å². The third-order valence-electron chi connectivity index (χ3n) is 7.70. The van der Waals surface area contributed by atoms with Crippen LogP contribution >= 0.6 is 0 Å². The third-order valence-corrected chi connectivity index (χ3v) is 7.70. The lowest BCUT2D eigenvalue weighted by Gasteiger charge is -2.37. The van der Waals surface area contributed by atoms with E-state index in [4.69, 9.17) is 14.2 Å². The van der Waals surface area contributed by atoms with E-state index < -0.39 is 23.5 Å². The molecule has 1 aliphatic heterocycles. The summed E-state index contributed by atoms with van der Waals surface area (Å²) in [5.41, 5.74) is 3.63. The molecule has 212 valence electrons. The van der Waals surface area contributed by atoms with Crippen molar-refractivity contribution in [2.45, 2.75) is 44.0 Å². The van der Waals surface area contributed by atoms with Crippen LogP contribution in [0.15, 0.2) is 134 Å². The fourth-order valence-corrected chi connectivity index (χ4v) is 5.74. The summed E-state index contributed by atoms with van der Waals surface area (Å²) < 4.78 is 20.2. The normalized spacial score (nSPS) is 17.1. The maximum absolute atomic E-state index is 14.2. The molecular weight excluding hydrogens is 524 g/mol. The monoisotopic (exact) mass is 558 g/mol. The Bertz CT molecular complexity index is 1510. The highest BCUT2D eigenvalue weighted by molar-refractivity contribution is 5.98. The van der Waals surface area contributed by atoms with Crippen molar-refractivity contribution >= 4 is 5.78 Å². The second kappa shape index (κ2) is 11.9. The number of carbonyl (C=O) groups excluding carboxylic acids is 1. The Morgan fingerprint density at radius 2 is 1.36 bits per heavy atom. The summed E-state index contributed by atoms with van der Waals surface area (Å²) >= 11 is 0. The van der Waals surface area contributed by atoms with Crippen LogP contribution in [0, 0.1) is 0 Å². The summed E-state index contributed by atoms with van der Waals surface area (Å²) in [4.78, 5) is 18.9. The summed E-state index contributed by atoms with van der Waals surface area (Å²) in [5.74, 6) is -1.05. The van der Waals surface area contributed by atoms with E-state index in [-0.39, 0.29) is 19.0 Å². The number of imidazole rings is 1. The highest BCUT2D eigenvalue weighted by Crippen LogP contribution is 2.41. The predicted molar refractivity (Wildman–Crippen MR) is 161 cm³/mol. The molecule has 6 rings (SSSR count). The van der Waals surface area contributed by atoms with Gasteiger partial charge in [0.15, 0.2) is 11.9 Å². The number of hydrogen-bond acceptors (Lipinski definition) is 5. The molecule has 2 atom stereocenters. The first-order valence-electron chi connectivity index (χ1n) is 14.2. The van der Waals surface area contributed by atoms with Crippen LogP contribution in [0.3, 0.4) is 0 Å². The highest BCUT2D eigenvalue weighted by Gasteiger charge is 2.43. The average molecular weight is 559 g/mol. The zero-order valence-corrected chi connectivity index (χ0v) is 23.8. The highest BCUT2D eigenvalue weighted by atomic mass is 16.7. The lowest BCUT2D eigenvalue weighted by Crippen LogP contribution is -2.40. The molecule has 1 saturated heterocycles. The van der Waals surface area contributed by atoms with Crippen LogP contribution < -0.4 is 0 Å². The van der Waals surface area contributed by atoms with Crippen molar-refractivity contribution in [2.75, 3.05) is 6.61 Å². The van der Waals surface area contributed by atoms with E-state index in [1.807, 2.05) is 110 Å². The van der Waals surface area contributed by atoms with Crippen molar-refractivity contribution in [3.05, 3.63) is 162 Å². The Labute approximate surface area is 246 Å². The SMILES string of the molecule is CC1(C)OC[C@H]([C@H](OCc2ccccc2)C(=O)c2cn(C(c3ccccc3)(c3ccccc3)c3ccccc3)cn2)O1. The molecule has 0 N–H and O–H groups in total. The van der Waals surface area contributed by atoms with Crippen LogP contribution in [0.1, 0.15) is 46.6 Å². The largest absolute Gasteiger partial charge is 0.362 e. The molecule has 1 aromatic heterocycles. The second-order valence-corrected chi connectivity index (χ2v) is 10.9. The molecule has 2 heterocycles. The number of aromatic nitrogens is 2. The quantitative estimate of drug-likeness (QED) is 0.142. The number of nitrogens with zero attached hydrogens (tertiary/aromatic N) is 2. The van der Waals surface area contributed by atoms with Gasteiger partial charge in [-0.2, -0.15) is 0 Å². The standard InChI is InChI=1S/C36H34N2O4/c1-35(2)41-25-32(42-35)34(40-24-27-15-7-3-8-16-27)33(39)31-23-38(26-37-31)36(28-17-9-4-10-18-28,29-19-11-5-12-20-29)30-21-13-6-14-22-30/h3-23,26,32,34H,24-25H2,1-2H3/t32-,34+/m1/s1. The Morgan fingerprint density at radius 1 is 0.857 bits per heavy atom. The van der Waals surface area contributed by atoms with Gasteiger partial charge in [-0.1, -0.05) is 121 Å². The summed E-state index contributed by atoms with van der Waals surface area (Å²) in [6, 6.07) is 40.7. The van der Waals surface area contributed by atoms with Gasteiger partial charge in [0, 0.05) is 6.20 Å². The lowest BCUT2D eigenvalue weighted by atomic mass is 9.77. The number of hydrogen-bond donors (Lipinski definition) is 0. The van der Waals surface area contributed by atoms with E-state index in [1.165, 1.54) is 0 Å². The fraction of sp³-hybridized carbons (Fsp3) is 0.222. The molecule has 0 amide bonds. The minimum atomic E-state index is -0.894. The van der Waals surface area contributed by atoms with Gasteiger partial charge >= 0.3 is 0 Å². The van der Waals surface area contributed by atoms with Gasteiger partial charge in [-0.15, -0.1) is 0 Å². The maximum atomic E-state index is 14.2. The van der Waals surface area contributed by atoms with Crippen LogP contribution in [0.5, 0.6) is 0 Å². The number of Topliss-reactive ketones (excluding diaryl/α,β-unsaturated/α-hetero) is 1. The van der Waals surface area contributed by atoms with Gasteiger partial charge in [0.2, 0.25) is 5.78 Å². The smallest absolute Gasteiger partial charge is 0.214 e. The number of carbonyl (C=O) groups is 1. The van der Waals surface area contributed by atoms with Gasteiger partial charge in [0.25, 0.3) is 0 Å². The summed E-state index contributed by atoms with van der Waals surface area (Å²) in [6.07, 6.45) is 2.11. The van der Waals surface area contributed by atoms with E-state index in [1.54, 1.807) is 6.33 Å². The van der Waals surface area contributed by atoms with E-state index in [9.17, 15) is 4.79 Å². The number of benzene rings is 4. The van der Waals surface area contributed by atoms with Crippen molar-refractivity contribution in [3.8, 4) is 0 Å². The van der Waals surface area contributed by atoms with E-state index >= 15 is 0 Å². The molecule has 0 bridgehead atoms. The number of ketones is 1. The van der Waals surface area contributed by atoms with Gasteiger partial charge in [0.1, 0.15) is 17.3 Å². The summed E-state index contributed by atoms with van der Waals surface area (Å²) in [6.45, 7) is 4.20. The van der Waals surface area contributed by atoms with E-state index in [0.29, 0.717) is 5.69 Å². The molecule has 42 heavy (non-hydrogen) atoms. The van der Waals surface area contributed by atoms with Crippen molar-refractivity contribution in [2.24, 2.45) is 0 Å². The van der Waals surface area contributed by atoms with Gasteiger partial charge in [0.05, 0.1) is 19.5 Å². The second-order valence-electron chi connectivity index (χ2n) is 10.9. The molecule has 6 nitrogen and oxygen atoms in total. The summed E-state index contributed by atoms with van der Waals surface area (Å²) in [5, 5.41) is 0. The molecule has 0 unspecified atom stereocenters. The van der Waals surface area contributed by atoms with Crippen LogP contribution in [0.25, 0.3) is 0 Å². The van der Waals surface area contributed by atoms with Gasteiger partial charge < -0.3 is 18.8 Å². The van der Waals surface area contributed by atoms with Crippen LogP contribution in [0.2, 0.25) is 0 Å². The molecule has 1 aliphatic rings. The fourth-order valence-electron chi connectivity index (χ4n) is 5.74. The van der Waals surface area contributed by atoms with Crippen molar-refractivity contribution in [1.82, 2.24) is 9.55 Å². The Hall–Kier alpha value is -4.36. The zero-order valence-electron chi connectivity index (χ0n) is 23.8. The molecule has 1 fully saturated rings. The average Bonchev–Trinajstić information content (AvgIpc) is 3.67. The Kier molecular flexibility index (Phi) is 7.85. The van der Waals surface area contributed by atoms with Crippen LogP contribution in [-0.4, -0.2) is 39.9 Å². The minimum Gasteiger partial charge on any atom is -0.362 e. The maximum Gasteiger partial charge on any atom is 0.214 e. The minimum absolute atomic E-state index is 0.251. The lowest BCUT2D eigenvalue weighted by molar-refractivity contribution is -0.152. The summed E-state index contributed by atoms with van der Waals surface area (Å²) in [7, 11) is 0. The molecular formula is C36H34N2O4. The molecule has 0 radical (unpaired) electrons. The number of rotatable bonds is 10. The molecule has 5 aromatic rings. The first-order chi connectivity index (χ1) is 20.5. The van der Waals surface area contributed by atoms with Gasteiger partial charge in [-0.25, -0.2) is 4.98 Å². The van der Waals surface area contributed by atoms with Crippen molar-refractivity contribution < 1.29 is 19.0 Å². The molecule has 0 aliphatic carbocycles. The molecule has 0 spiro atoms. The van der Waals surface area contributed by atoms with Gasteiger partial charge in [-0.3, -0.25) is 4.79 Å². The third kappa shape index (κ3) is 5.44. The van der Waals surface area contributed by atoms with Gasteiger partial charge in [-0.05, 0) is 36.1 Å². The first kappa shape index (κ1) is 27.8.